The Morgan fingerprint density at radius 1 is 1.31 bits per heavy atom. The minimum Gasteiger partial charge on any atom is -0.508 e. The monoisotopic (exact) mass is 263 g/mol. The third kappa shape index (κ3) is 3.66. The predicted molar refractivity (Wildman–Crippen MR) is 64.1 cm³/mol. The van der Waals surface area contributed by atoms with Gasteiger partial charge in [-0.3, -0.25) is 0 Å². The molecule has 0 saturated heterocycles. The molecule has 1 aromatic rings. The quantitative estimate of drug-likeness (QED) is 0.817. The first-order chi connectivity index (χ1) is 7.45. The Kier molecular flexibility index (Phi) is 4.58. The van der Waals surface area contributed by atoms with Gasteiger partial charge in [0.05, 0.1) is 5.75 Å². The Balaban J connectivity index is 2.71. The Morgan fingerprint density at radius 3 is 2.38 bits per heavy atom. The van der Waals surface area contributed by atoms with Gasteiger partial charge in [0.15, 0.2) is 0 Å². The second kappa shape index (κ2) is 5.52. The Hall–Kier alpha value is -0.780. The van der Waals surface area contributed by atoms with Crippen LogP contribution in [-0.4, -0.2) is 36.5 Å². The highest BCUT2D eigenvalue weighted by molar-refractivity contribution is 7.89. The molecule has 0 aliphatic carbocycles. The van der Waals surface area contributed by atoms with Crippen LogP contribution < -0.4 is 0 Å². The lowest BCUT2D eigenvalue weighted by Gasteiger charge is -2.16. The topological polar surface area (TPSA) is 57.6 Å². The van der Waals surface area contributed by atoms with E-state index < -0.39 is 10.0 Å². The van der Waals surface area contributed by atoms with Crippen molar-refractivity contribution in [3.8, 4) is 5.75 Å². The van der Waals surface area contributed by atoms with Crippen LogP contribution in [0, 0.1) is 0 Å². The third-order valence-electron chi connectivity index (χ3n) is 2.15. The van der Waals surface area contributed by atoms with Crippen LogP contribution in [0.5, 0.6) is 5.75 Å². The fourth-order valence-corrected chi connectivity index (χ4v) is 2.65. The highest BCUT2D eigenvalue weighted by Gasteiger charge is 2.16. The smallest absolute Gasteiger partial charge is 0.215 e. The molecule has 0 bridgehead atoms. The fraction of sp³-hybridized carbons (Fsp3) is 0.400. The van der Waals surface area contributed by atoms with E-state index in [2.05, 4.69) is 0 Å². The molecule has 4 nitrogen and oxygen atoms in total. The molecule has 0 heterocycles. The summed E-state index contributed by atoms with van der Waals surface area (Å²) < 4.78 is 24.4. The lowest BCUT2D eigenvalue weighted by atomic mass is 10.2. The molecule has 1 rings (SSSR count). The predicted octanol–water partition coefficient (Wildman–Crippen LogP) is 1.39. The molecule has 16 heavy (non-hydrogen) atoms. The third-order valence-corrected chi connectivity index (χ3v) is 4.36. The van der Waals surface area contributed by atoms with Crippen LogP contribution in [0.1, 0.15) is 5.56 Å². The first kappa shape index (κ1) is 13.3. The number of rotatable bonds is 5. The molecule has 90 valence electrons. The second-order valence-electron chi connectivity index (χ2n) is 3.43. The number of sulfonamides is 1. The van der Waals surface area contributed by atoms with Gasteiger partial charge in [0, 0.05) is 19.5 Å². The van der Waals surface area contributed by atoms with Crippen molar-refractivity contribution in [2.45, 2.75) is 6.54 Å². The summed E-state index contributed by atoms with van der Waals surface area (Å²) in [6, 6.07) is 6.42. The molecule has 0 aliphatic heterocycles. The molecule has 0 aliphatic rings. The van der Waals surface area contributed by atoms with Gasteiger partial charge in [-0.1, -0.05) is 12.1 Å². The van der Waals surface area contributed by atoms with Crippen LogP contribution in [0.2, 0.25) is 0 Å². The minimum atomic E-state index is -3.28. The van der Waals surface area contributed by atoms with E-state index in [9.17, 15) is 8.42 Å². The number of halogens is 1. The van der Waals surface area contributed by atoms with Gasteiger partial charge in [-0.25, -0.2) is 12.7 Å². The van der Waals surface area contributed by atoms with Crippen LogP contribution in [-0.2, 0) is 16.6 Å². The molecule has 6 heteroatoms. The molecule has 0 radical (unpaired) electrons. The number of phenolic OH excluding ortho intramolecular Hbond substituents is 1. The molecule has 0 unspecified atom stereocenters. The van der Waals surface area contributed by atoms with E-state index in [0.29, 0.717) is 0 Å². The summed E-state index contributed by atoms with van der Waals surface area (Å²) in [5, 5.41) is 9.09. The summed E-state index contributed by atoms with van der Waals surface area (Å²) in [6.45, 7) is 0.277. The van der Waals surface area contributed by atoms with Crippen molar-refractivity contribution in [3.05, 3.63) is 29.8 Å². The summed E-state index contributed by atoms with van der Waals surface area (Å²) in [5.74, 6) is 0.181. The Morgan fingerprint density at radius 2 is 1.88 bits per heavy atom. The van der Waals surface area contributed by atoms with Crippen molar-refractivity contribution >= 4 is 21.6 Å². The van der Waals surface area contributed by atoms with E-state index in [0.717, 1.165) is 5.56 Å². The molecule has 0 aromatic heterocycles. The zero-order chi connectivity index (χ0) is 12.2. The number of aromatic hydroxyl groups is 1. The summed E-state index contributed by atoms with van der Waals surface area (Å²) in [4.78, 5) is 0. The molecule has 0 amide bonds. The Labute approximate surface area is 101 Å². The highest BCUT2D eigenvalue weighted by atomic mass is 35.5. The summed E-state index contributed by atoms with van der Waals surface area (Å²) in [5.41, 5.74) is 0.818. The van der Waals surface area contributed by atoms with E-state index in [-0.39, 0.29) is 23.9 Å². The summed E-state index contributed by atoms with van der Waals surface area (Å²) in [6.07, 6.45) is 0. The van der Waals surface area contributed by atoms with E-state index in [1.54, 1.807) is 12.1 Å². The van der Waals surface area contributed by atoms with Gasteiger partial charge < -0.3 is 5.11 Å². The highest BCUT2D eigenvalue weighted by Crippen LogP contribution is 2.12. The van der Waals surface area contributed by atoms with Crippen LogP contribution in [0.15, 0.2) is 24.3 Å². The van der Waals surface area contributed by atoms with Gasteiger partial charge in [0.25, 0.3) is 0 Å². The normalized spacial score (nSPS) is 11.9. The number of phenols is 1. The van der Waals surface area contributed by atoms with Crippen LogP contribution in [0.25, 0.3) is 0 Å². The van der Waals surface area contributed by atoms with Gasteiger partial charge in [0.2, 0.25) is 10.0 Å². The summed E-state index contributed by atoms with van der Waals surface area (Å²) in [7, 11) is -1.77. The molecule has 0 spiro atoms. The Bertz CT molecular complexity index is 430. The van der Waals surface area contributed by atoms with Crippen molar-refractivity contribution in [3.63, 3.8) is 0 Å². The minimum absolute atomic E-state index is 0.0663. The van der Waals surface area contributed by atoms with Crippen molar-refractivity contribution < 1.29 is 13.5 Å². The maximum atomic E-state index is 11.6. The fourth-order valence-electron chi connectivity index (χ4n) is 1.21. The maximum absolute atomic E-state index is 11.6. The van der Waals surface area contributed by atoms with Gasteiger partial charge in [-0.15, -0.1) is 11.6 Å². The zero-order valence-electron chi connectivity index (χ0n) is 8.93. The van der Waals surface area contributed by atoms with E-state index in [1.165, 1.54) is 23.5 Å². The number of alkyl halides is 1. The lowest BCUT2D eigenvalue weighted by molar-refractivity contribution is 0.464. The first-order valence-corrected chi connectivity index (χ1v) is 6.88. The van der Waals surface area contributed by atoms with Crippen LogP contribution >= 0.6 is 11.6 Å². The maximum Gasteiger partial charge on any atom is 0.215 e. The van der Waals surface area contributed by atoms with E-state index in [4.69, 9.17) is 16.7 Å². The van der Waals surface area contributed by atoms with Gasteiger partial charge in [-0.05, 0) is 17.7 Å². The van der Waals surface area contributed by atoms with Crippen molar-refractivity contribution in [2.24, 2.45) is 0 Å². The average Bonchev–Trinajstić information content (AvgIpc) is 2.21. The van der Waals surface area contributed by atoms with Gasteiger partial charge in [0.1, 0.15) is 5.75 Å². The number of nitrogens with zero attached hydrogens (tertiary/aromatic N) is 1. The molecule has 0 atom stereocenters. The average molecular weight is 264 g/mol. The molecule has 1 aromatic carbocycles. The SMILES string of the molecule is CN(Cc1ccc(O)cc1)S(=O)(=O)CCCl. The number of hydrogen-bond donors (Lipinski definition) is 1. The van der Waals surface area contributed by atoms with Gasteiger partial charge in [-0.2, -0.15) is 0 Å². The number of benzene rings is 1. The van der Waals surface area contributed by atoms with E-state index in [1.807, 2.05) is 0 Å². The largest absolute Gasteiger partial charge is 0.508 e. The second-order valence-corrected chi connectivity index (χ2v) is 6.00. The lowest BCUT2D eigenvalue weighted by Crippen LogP contribution is -2.29. The molecule has 0 saturated carbocycles. The van der Waals surface area contributed by atoms with Crippen molar-refractivity contribution in [1.82, 2.24) is 4.31 Å². The molecular weight excluding hydrogens is 250 g/mol. The first-order valence-electron chi connectivity index (χ1n) is 4.73. The molecule has 0 fully saturated rings. The van der Waals surface area contributed by atoms with Crippen molar-refractivity contribution in [1.29, 1.82) is 0 Å². The van der Waals surface area contributed by atoms with Crippen molar-refractivity contribution in [2.75, 3.05) is 18.7 Å². The van der Waals surface area contributed by atoms with Crippen LogP contribution in [0.3, 0.4) is 0 Å². The zero-order valence-corrected chi connectivity index (χ0v) is 10.5. The van der Waals surface area contributed by atoms with Crippen LogP contribution in [0.4, 0.5) is 0 Å². The number of hydrogen-bond acceptors (Lipinski definition) is 3. The van der Waals surface area contributed by atoms with Gasteiger partial charge >= 0.3 is 0 Å². The standard InChI is InChI=1S/C10H14ClNO3S/c1-12(16(14,15)7-6-11)8-9-2-4-10(13)5-3-9/h2-5,13H,6-8H2,1H3. The molecule has 1 N–H and O–H groups in total. The molecular formula is C10H14ClNO3S. The summed E-state index contributed by atoms with van der Waals surface area (Å²) >= 11 is 5.41. The van der Waals surface area contributed by atoms with E-state index >= 15 is 0 Å².